The molecule has 0 bridgehead atoms. The van der Waals surface area contributed by atoms with Crippen LogP contribution in [0.1, 0.15) is 0 Å². The Morgan fingerprint density at radius 1 is 1.38 bits per heavy atom. The normalized spacial score (nSPS) is 14.3. The topological polar surface area (TPSA) is 88.3 Å². The van der Waals surface area contributed by atoms with Crippen LogP contribution in [0.2, 0.25) is 0 Å². The van der Waals surface area contributed by atoms with E-state index >= 15 is 0 Å². The van der Waals surface area contributed by atoms with Crippen molar-refractivity contribution >= 4 is 23.7 Å². The van der Waals surface area contributed by atoms with E-state index in [1.165, 1.54) is 4.90 Å². The van der Waals surface area contributed by atoms with Crippen LogP contribution in [0.25, 0.3) is 11.4 Å². The van der Waals surface area contributed by atoms with Gasteiger partial charge in [-0.25, -0.2) is 4.79 Å². The second-order valence-electron chi connectivity index (χ2n) is 4.32. The molecule has 0 spiro atoms. The molecule has 1 aromatic carbocycles. The third-order valence-electron chi connectivity index (χ3n) is 2.92. The van der Waals surface area contributed by atoms with Gasteiger partial charge in [-0.15, -0.1) is 0 Å². The van der Waals surface area contributed by atoms with Crippen LogP contribution in [-0.4, -0.2) is 45.8 Å². The number of nitrogens with one attached hydrogen (secondary N) is 1. The number of imide groups is 1. The van der Waals surface area contributed by atoms with Crippen LogP contribution >= 0.6 is 11.8 Å². The van der Waals surface area contributed by atoms with Gasteiger partial charge in [0.1, 0.15) is 0 Å². The van der Waals surface area contributed by atoms with Gasteiger partial charge in [-0.05, 0) is 0 Å². The summed E-state index contributed by atoms with van der Waals surface area (Å²) in [5, 5.41) is 6.75. The lowest BCUT2D eigenvalue weighted by Gasteiger charge is -2.10. The quantitative estimate of drug-likeness (QED) is 0.859. The number of urea groups is 1. The highest BCUT2D eigenvalue weighted by molar-refractivity contribution is 7.99. The standard InChI is InChI=1S/C13H12N4O3S/c18-10(17-7-6-14-12(17)19)8-21-13-15-11(16-20-13)9-4-2-1-3-5-9/h1-5H,6-8H2,(H,14,19). The van der Waals surface area contributed by atoms with E-state index in [0.29, 0.717) is 24.1 Å². The molecule has 3 rings (SSSR count). The lowest BCUT2D eigenvalue weighted by Crippen LogP contribution is -2.35. The molecule has 108 valence electrons. The van der Waals surface area contributed by atoms with E-state index in [0.717, 1.165) is 17.3 Å². The molecule has 1 fully saturated rings. The number of hydrogen-bond donors (Lipinski definition) is 1. The third kappa shape index (κ3) is 3.05. The van der Waals surface area contributed by atoms with Gasteiger partial charge in [-0.2, -0.15) is 4.98 Å². The molecule has 2 heterocycles. The number of thioether (sulfide) groups is 1. The molecule has 0 radical (unpaired) electrons. The second kappa shape index (κ2) is 5.96. The van der Waals surface area contributed by atoms with Gasteiger partial charge in [0.2, 0.25) is 11.7 Å². The van der Waals surface area contributed by atoms with Gasteiger partial charge in [0.15, 0.2) is 0 Å². The molecule has 1 aliphatic heterocycles. The summed E-state index contributed by atoms with van der Waals surface area (Å²) in [5.74, 6) is 0.294. The molecule has 0 aliphatic carbocycles. The van der Waals surface area contributed by atoms with Crippen molar-refractivity contribution in [2.45, 2.75) is 5.22 Å². The molecule has 1 N–H and O–H groups in total. The van der Waals surface area contributed by atoms with Crippen LogP contribution < -0.4 is 5.32 Å². The van der Waals surface area contributed by atoms with Crippen molar-refractivity contribution in [1.29, 1.82) is 0 Å². The molecule has 1 aromatic heterocycles. The Kier molecular flexibility index (Phi) is 3.87. The van der Waals surface area contributed by atoms with Crippen LogP contribution in [0.15, 0.2) is 40.1 Å². The first kappa shape index (κ1) is 13.6. The zero-order chi connectivity index (χ0) is 14.7. The van der Waals surface area contributed by atoms with Crippen molar-refractivity contribution in [3.8, 4) is 11.4 Å². The maximum Gasteiger partial charge on any atom is 0.324 e. The van der Waals surface area contributed by atoms with Gasteiger partial charge in [0.05, 0.1) is 5.75 Å². The number of hydrogen-bond acceptors (Lipinski definition) is 6. The predicted octanol–water partition coefficient (Wildman–Crippen LogP) is 1.38. The fourth-order valence-electron chi connectivity index (χ4n) is 1.88. The summed E-state index contributed by atoms with van der Waals surface area (Å²) < 4.78 is 5.09. The molecule has 0 atom stereocenters. The number of carbonyl (C=O) groups excluding carboxylic acids is 2. The first-order chi connectivity index (χ1) is 10.2. The summed E-state index contributed by atoms with van der Waals surface area (Å²) in [6.07, 6.45) is 0. The highest BCUT2D eigenvalue weighted by atomic mass is 32.2. The molecule has 0 saturated carbocycles. The lowest BCUT2D eigenvalue weighted by atomic mass is 10.2. The van der Waals surface area contributed by atoms with Crippen molar-refractivity contribution < 1.29 is 14.1 Å². The van der Waals surface area contributed by atoms with Crippen LogP contribution in [0.3, 0.4) is 0 Å². The van der Waals surface area contributed by atoms with Crippen LogP contribution in [0, 0.1) is 0 Å². The van der Waals surface area contributed by atoms with Gasteiger partial charge in [-0.3, -0.25) is 9.69 Å². The van der Waals surface area contributed by atoms with Gasteiger partial charge in [0.25, 0.3) is 5.22 Å². The van der Waals surface area contributed by atoms with E-state index in [9.17, 15) is 9.59 Å². The third-order valence-corrected chi connectivity index (χ3v) is 3.72. The zero-order valence-corrected chi connectivity index (χ0v) is 11.8. The maximum absolute atomic E-state index is 11.9. The largest absolute Gasteiger partial charge is 0.336 e. The fourth-order valence-corrected chi connectivity index (χ4v) is 2.53. The number of amides is 3. The molecular formula is C13H12N4O3S. The van der Waals surface area contributed by atoms with Gasteiger partial charge < -0.3 is 9.84 Å². The van der Waals surface area contributed by atoms with Gasteiger partial charge in [-0.1, -0.05) is 47.3 Å². The van der Waals surface area contributed by atoms with Crippen LogP contribution in [0.5, 0.6) is 0 Å². The van der Waals surface area contributed by atoms with Gasteiger partial charge >= 0.3 is 6.03 Å². The van der Waals surface area contributed by atoms with E-state index in [2.05, 4.69) is 15.5 Å². The number of rotatable bonds is 4. The van der Waals surface area contributed by atoms with E-state index in [4.69, 9.17) is 4.52 Å². The fraction of sp³-hybridized carbons (Fsp3) is 0.231. The SMILES string of the molecule is O=C(CSc1nc(-c2ccccc2)no1)N1CCNC1=O. The van der Waals surface area contributed by atoms with E-state index < -0.39 is 0 Å². The van der Waals surface area contributed by atoms with Crippen LogP contribution in [0.4, 0.5) is 4.79 Å². The Balaban J connectivity index is 1.60. The van der Waals surface area contributed by atoms with Crippen molar-refractivity contribution in [1.82, 2.24) is 20.4 Å². The van der Waals surface area contributed by atoms with Crippen molar-refractivity contribution in [2.24, 2.45) is 0 Å². The summed E-state index contributed by atoms with van der Waals surface area (Å²) in [6.45, 7) is 0.894. The maximum atomic E-state index is 11.9. The molecule has 0 unspecified atom stereocenters. The summed E-state index contributed by atoms with van der Waals surface area (Å²) in [4.78, 5) is 28.6. The summed E-state index contributed by atoms with van der Waals surface area (Å²) in [7, 11) is 0. The lowest BCUT2D eigenvalue weighted by molar-refractivity contribution is -0.124. The molecule has 3 amide bonds. The predicted molar refractivity (Wildman–Crippen MR) is 75.6 cm³/mol. The molecule has 7 nitrogen and oxygen atoms in total. The minimum atomic E-state index is -0.351. The number of nitrogens with zero attached hydrogens (tertiary/aromatic N) is 3. The first-order valence-electron chi connectivity index (χ1n) is 6.34. The summed E-state index contributed by atoms with van der Waals surface area (Å²) >= 11 is 1.12. The molecule has 21 heavy (non-hydrogen) atoms. The monoisotopic (exact) mass is 304 g/mol. The molecule has 2 aromatic rings. The zero-order valence-electron chi connectivity index (χ0n) is 11.0. The molecular weight excluding hydrogens is 292 g/mol. The molecule has 8 heteroatoms. The summed E-state index contributed by atoms with van der Waals surface area (Å²) in [5.41, 5.74) is 0.846. The van der Waals surface area contributed by atoms with Gasteiger partial charge in [0, 0.05) is 18.7 Å². The summed E-state index contributed by atoms with van der Waals surface area (Å²) in [6, 6.07) is 9.06. The van der Waals surface area contributed by atoms with E-state index in [1.807, 2.05) is 30.3 Å². The van der Waals surface area contributed by atoms with Crippen molar-refractivity contribution in [3.05, 3.63) is 30.3 Å². The van der Waals surface area contributed by atoms with E-state index in [-0.39, 0.29) is 17.7 Å². The minimum Gasteiger partial charge on any atom is -0.336 e. The Hall–Kier alpha value is -2.35. The Morgan fingerprint density at radius 3 is 2.90 bits per heavy atom. The van der Waals surface area contributed by atoms with E-state index in [1.54, 1.807) is 0 Å². The molecule has 1 aliphatic rings. The number of aromatic nitrogens is 2. The first-order valence-corrected chi connectivity index (χ1v) is 7.33. The van der Waals surface area contributed by atoms with Crippen molar-refractivity contribution in [3.63, 3.8) is 0 Å². The van der Waals surface area contributed by atoms with Crippen LogP contribution in [-0.2, 0) is 4.79 Å². The Bertz CT molecular complexity index is 658. The average Bonchev–Trinajstić information content (AvgIpc) is 3.15. The smallest absolute Gasteiger partial charge is 0.324 e. The minimum absolute atomic E-state index is 0.0871. The highest BCUT2D eigenvalue weighted by Crippen LogP contribution is 2.21. The number of carbonyl (C=O) groups is 2. The Morgan fingerprint density at radius 2 is 2.19 bits per heavy atom. The highest BCUT2D eigenvalue weighted by Gasteiger charge is 2.26. The number of benzene rings is 1. The second-order valence-corrected chi connectivity index (χ2v) is 5.24. The molecule has 1 saturated heterocycles. The van der Waals surface area contributed by atoms with Crippen molar-refractivity contribution in [2.75, 3.05) is 18.8 Å². The average molecular weight is 304 g/mol. The Labute approximate surface area is 124 Å².